The molecule has 0 aliphatic heterocycles. The second-order valence-corrected chi connectivity index (χ2v) is 2.76. The minimum Gasteiger partial charge on any atom is -0.330 e. The quantitative estimate of drug-likeness (QED) is 0.600. The van der Waals surface area contributed by atoms with Crippen LogP contribution in [0.5, 0.6) is 0 Å². The number of aryl methyl sites for hydroxylation is 1. The maximum absolute atomic E-state index is 10.8. The highest BCUT2D eigenvalue weighted by molar-refractivity contribution is 6.33. The standard InChI is InChI=1S/C6H5ClN4O/c1-11-2-8-5-3(11)4(7)9-6(12)10-5/h2H,1H3,(H,9,10,12). The Labute approximate surface area is 72.0 Å². The normalized spacial score (nSPS) is 10.8. The first kappa shape index (κ1) is 7.30. The van der Waals surface area contributed by atoms with Crippen molar-refractivity contribution in [3.63, 3.8) is 0 Å². The van der Waals surface area contributed by atoms with Gasteiger partial charge in [-0.2, -0.15) is 4.98 Å². The van der Waals surface area contributed by atoms with E-state index in [9.17, 15) is 4.79 Å². The van der Waals surface area contributed by atoms with E-state index in [0.717, 1.165) is 0 Å². The van der Waals surface area contributed by atoms with E-state index in [2.05, 4.69) is 15.0 Å². The molecule has 0 saturated heterocycles. The fourth-order valence-corrected chi connectivity index (χ4v) is 1.33. The molecule has 0 radical (unpaired) electrons. The van der Waals surface area contributed by atoms with Gasteiger partial charge in [0.15, 0.2) is 5.65 Å². The van der Waals surface area contributed by atoms with E-state index in [1.165, 1.54) is 0 Å². The lowest BCUT2D eigenvalue weighted by molar-refractivity contribution is 0.943. The smallest absolute Gasteiger partial charge is 0.330 e. The highest BCUT2D eigenvalue weighted by Crippen LogP contribution is 2.14. The van der Waals surface area contributed by atoms with Crippen molar-refractivity contribution in [3.8, 4) is 0 Å². The molecule has 0 fully saturated rings. The molecule has 0 spiro atoms. The maximum Gasteiger partial charge on any atom is 0.348 e. The summed E-state index contributed by atoms with van der Waals surface area (Å²) in [6, 6.07) is 0. The Balaban J connectivity index is 3.02. The van der Waals surface area contributed by atoms with E-state index in [-0.39, 0.29) is 5.15 Å². The average molecular weight is 185 g/mol. The molecular formula is C6H5ClN4O. The van der Waals surface area contributed by atoms with Gasteiger partial charge in [0.25, 0.3) is 0 Å². The molecule has 12 heavy (non-hydrogen) atoms. The molecule has 0 saturated carbocycles. The van der Waals surface area contributed by atoms with Crippen LogP contribution in [0.2, 0.25) is 5.15 Å². The van der Waals surface area contributed by atoms with Gasteiger partial charge in [0, 0.05) is 7.05 Å². The number of aromatic nitrogens is 4. The van der Waals surface area contributed by atoms with Crippen molar-refractivity contribution in [2.75, 3.05) is 0 Å². The van der Waals surface area contributed by atoms with Gasteiger partial charge in [-0.05, 0) is 0 Å². The molecular weight excluding hydrogens is 180 g/mol. The van der Waals surface area contributed by atoms with Crippen LogP contribution in [0, 0.1) is 0 Å². The van der Waals surface area contributed by atoms with Crippen LogP contribution >= 0.6 is 11.6 Å². The van der Waals surface area contributed by atoms with Crippen LogP contribution in [0.15, 0.2) is 11.1 Å². The second kappa shape index (κ2) is 2.31. The molecule has 0 bridgehead atoms. The fraction of sp³-hybridized carbons (Fsp3) is 0.167. The van der Waals surface area contributed by atoms with Crippen LogP contribution in [-0.4, -0.2) is 19.5 Å². The molecule has 6 heteroatoms. The Hall–Kier alpha value is -1.36. The van der Waals surface area contributed by atoms with Crippen LogP contribution in [-0.2, 0) is 7.05 Å². The van der Waals surface area contributed by atoms with E-state index >= 15 is 0 Å². The zero-order chi connectivity index (χ0) is 8.72. The maximum atomic E-state index is 10.8. The Morgan fingerprint density at radius 1 is 1.67 bits per heavy atom. The molecule has 2 aromatic heterocycles. The van der Waals surface area contributed by atoms with Crippen molar-refractivity contribution >= 4 is 22.8 Å². The third-order valence-corrected chi connectivity index (χ3v) is 1.82. The summed E-state index contributed by atoms with van der Waals surface area (Å²) in [6.45, 7) is 0. The van der Waals surface area contributed by atoms with Crippen LogP contribution in [0.25, 0.3) is 11.2 Å². The lowest BCUT2D eigenvalue weighted by Crippen LogP contribution is -2.10. The molecule has 2 aromatic rings. The summed E-state index contributed by atoms with van der Waals surface area (Å²) >= 11 is 5.75. The predicted molar refractivity (Wildman–Crippen MR) is 44.1 cm³/mol. The number of hydrogen-bond donors (Lipinski definition) is 1. The van der Waals surface area contributed by atoms with Gasteiger partial charge >= 0.3 is 5.69 Å². The Morgan fingerprint density at radius 3 is 3.17 bits per heavy atom. The molecule has 2 heterocycles. The Kier molecular flexibility index (Phi) is 1.41. The zero-order valence-corrected chi connectivity index (χ0v) is 6.96. The molecule has 0 amide bonds. The van der Waals surface area contributed by atoms with Crippen LogP contribution in [0.4, 0.5) is 0 Å². The number of aromatic amines is 1. The van der Waals surface area contributed by atoms with Crippen molar-refractivity contribution in [1.82, 2.24) is 19.5 Å². The monoisotopic (exact) mass is 184 g/mol. The highest BCUT2D eigenvalue weighted by Gasteiger charge is 2.06. The van der Waals surface area contributed by atoms with Gasteiger partial charge in [0.1, 0.15) is 10.7 Å². The first-order valence-electron chi connectivity index (χ1n) is 3.25. The van der Waals surface area contributed by atoms with Crippen LogP contribution < -0.4 is 5.69 Å². The highest BCUT2D eigenvalue weighted by atomic mass is 35.5. The molecule has 62 valence electrons. The minimum absolute atomic E-state index is 0.269. The third kappa shape index (κ3) is 0.902. The summed E-state index contributed by atoms with van der Waals surface area (Å²) in [5.41, 5.74) is 0.522. The van der Waals surface area contributed by atoms with Gasteiger partial charge in [-0.3, -0.25) is 4.98 Å². The molecule has 0 aromatic carbocycles. The van der Waals surface area contributed by atoms with Gasteiger partial charge < -0.3 is 4.57 Å². The van der Waals surface area contributed by atoms with Gasteiger partial charge in [-0.1, -0.05) is 11.6 Å². The summed E-state index contributed by atoms with van der Waals surface area (Å²) in [6.07, 6.45) is 1.55. The average Bonchev–Trinajstić information content (AvgIpc) is 2.31. The number of nitrogens with zero attached hydrogens (tertiary/aromatic N) is 3. The predicted octanol–water partition coefficient (Wildman–Crippen LogP) is 0.310. The lowest BCUT2D eigenvalue weighted by atomic mass is 10.5. The SMILES string of the molecule is Cn1cnc2nc(=O)[nH]c(Cl)c21. The summed E-state index contributed by atoms with van der Waals surface area (Å²) < 4.78 is 1.70. The minimum atomic E-state index is -0.480. The van der Waals surface area contributed by atoms with Crippen molar-refractivity contribution in [3.05, 3.63) is 22.0 Å². The number of H-pyrrole nitrogens is 1. The van der Waals surface area contributed by atoms with Gasteiger partial charge in [0.2, 0.25) is 0 Å². The summed E-state index contributed by atoms with van der Waals surface area (Å²) in [4.78, 5) is 20.7. The van der Waals surface area contributed by atoms with Crippen molar-refractivity contribution in [1.29, 1.82) is 0 Å². The number of hydrogen-bond acceptors (Lipinski definition) is 3. The van der Waals surface area contributed by atoms with Gasteiger partial charge in [0.05, 0.1) is 6.33 Å². The molecule has 0 unspecified atom stereocenters. The lowest BCUT2D eigenvalue weighted by Gasteiger charge is -1.94. The number of rotatable bonds is 0. The Bertz CT molecular complexity index is 486. The van der Waals surface area contributed by atoms with Crippen molar-refractivity contribution in [2.24, 2.45) is 7.05 Å². The number of fused-ring (bicyclic) bond motifs is 1. The van der Waals surface area contributed by atoms with Crippen molar-refractivity contribution in [2.45, 2.75) is 0 Å². The van der Waals surface area contributed by atoms with Gasteiger partial charge in [-0.15, -0.1) is 0 Å². The summed E-state index contributed by atoms with van der Waals surface area (Å²) in [5.74, 6) is 0. The van der Waals surface area contributed by atoms with Crippen LogP contribution in [0.3, 0.4) is 0 Å². The molecule has 0 aliphatic rings. The first-order valence-corrected chi connectivity index (χ1v) is 3.63. The summed E-state index contributed by atoms with van der Waals surface area (Å²) in [7, 11) is 1.78. The topological polar surface area (TPSA) is 63.6 Å². The summed E-state index contributed by atoms with van der Waals surface area (Å²) in [5, 5.41) is 0.269. The van der Waals surface area contributed by atoms with E-state index < -0.39 is 5.69 Å². The Morgan fingerprint density at radius 2 is 2.42 bits per heavy atom. The number of halogens is 1. The van der Waals surface area contributed by atoms with E-state index in [1.807, 2.05) is 0 Å². The van der Waals surface area contributed by atoms with Crippen LogP contribution in [0.1, 0.15) is 0 Å². The molecule has 0 aliphatic carbocycles. The largest absolute Gasteiger partial charge is 0.348 e. The van der Waals surface area contributed by atoms with E-state index in [1.54, 1.807) is 17.9 Å². The molecule has 5 nitrogen and oxygen atoms in total. The van der Waals surface area contributed by atoms with Gasteiger partial charge in [-0.25, -0.2) is 9.78 Å². The molecule has 2 rings (SSSR count). The number of imidazole rings is 1. The molecule has 1 N–H and O–H groups in total. The third-order valence-electron chi connectivity index (χ3n) is 1.55. The van der Waals surface area contributed by atoms with Crippen molar-refractivity contribution < 1.29 is 0 Å². The zero-order valence-electron chi connectivity index (χ0n) is 6.21. The first-order chi connectivity index (χ1) is 5.68. The van der Waals surface area contributed by atoms with E-state index in [0.29, 0.717) is 11.2 Å². The fourth-order valence-electron chi connectivity index (χ4n) is 1.03. The van der Waals surface area contributed by atoms with E-state index in [4.69, 9.17) is 11.6 Å². The number of nitrogens with one attached hydrogen (secondary N) is 1. The second-order valence-electron chi connectivity index (χ2n) is 2.38. The molecule has 0 atom stereocenters.